The highest BCUT2D eigenvalue weighted by atomic mass is 16.5. The Labute approximate surface area is 172 Å². The highest BCUT2D eigenvalue weighted by Crippen LogP contribution is 2.24. The monoisotopic (exact) mass is 401 g/mol. The number of fused-ring (bicyclic) bond motifs is 1. The average molecular weight is 402 g/mol. The second-order valence-corrected chi connectivity index (χ2v) is 8.36. The van der Waals surface area contributed by atoms with E-state index in [-0.39, 0.29) is 36.8 Å². The first kappa shape index (κ1) is 21.5. The van der Waals surface area contributed by atoms with Crippen molar-refractivity contribution in [2.45, 2.75) is 39.7 Å². The SMILES string of the molecule is Cc1ccc2c(c1)C(=O)N(CCCC(=O)NC[C@H]1CN(CC(C)C)CCO1)C2=O. The van der Waals surface area contributed by atoms with E-state index in [2.05, 4.69) is 24.1 Å². The molecule has 0 aromatic heterocycles. The van der Waals surface area contributed by atoms with Crippen molar-refractivity contribution in [2.24, 2.45) is 5.92 Å². The van der Waals surface area contributed by atoms with Crippen LogP contribution in [0, 0.1) is 12.8 Å². The summed E-state index contributed by atoms with van der Waals surface area (Å²) < 4.78 is 5.75. The third kappa shape index (κ3) is 5.42. The largest absolute Gasteiger partial charge is 0.374 e. The van der Waals surface area contributed by atoms with Crippen LogP contribution in [0.25, 0.3) is 0 Å². The Bertz CT molecular complexity index is 777. The number of benzene rings is 1. The summed E-state index contributed by atoms with van der Waals surface area (Å²) in [5.41, 5.74) is 1.85. The number of hydrogen-bond donors (Lipinski definition) is 1. The van der Waals surface area contributed by atoms with Crippen LogP contribution in [0.15, 0.2) is 18.2 Å². The molecule has 1 atom stereocenters. The third-order valence-corrected chi connectivity index (χ3v) is 5.28. The van der Waals surface area contributed by atoms with E-state index in [0.29, 0.717) is 36.6 Å². The number of aryl methyl sites for hydroxylation is 1. The summed E-state index contributed by atoms with van der Waals surface area (Å²) >= 11 is 0. The first-order valence-electron chi connectivity index (χ1n) is 10.4. The lowest BCUT2D eigenvalue weighted by Crippen LogP contribution is -2.48. The van der Waals surface area contributed by atoms with Crippen molar-refractivity contribution in [2.75, 3.05) is 39.3 Å². The molecule has 158 valence electrons. The molecule has 0 aliphatic carbocycles. The fourth-order valence-corrected chi connectivity index (χ4v) is 3.91. The predicted molar refractivity (Wildman–Crippen MR) is 110 cm³/mol. The van der Waals surface area contributed by atoms with Gasteiger partial charge in [-0.1, -0.05) is 25.5 Å². The van der Waals surface area contributed by atoms with E-state index in [1.807, 2.05) is 13.0 Å². The quantitative estimate of drug-likeness (QED) is 0.673. The number of nitrogens with zero attached hydrogens (tertiary/aromatic N) is 2. The van der Waals surface area contributed by atoms with Crippen molar-refractivity contribution in [3.63, 3.8) is 0 Å². The van der Waals surface area contributed by atoms with Crippen LogP contribution in [0.4, 0.5) is 0 Å². The van der Waals surface area contributed by atoms with Gasteiger partial charge in [-0.3, -0.25) is 24.2 Å². The van der Waals surface area contributed by atoms with Gasteiger partial charge in [0.1, 0.15) is 0 Å². The van der Waals surface area contributed by atoms with Gasteiger partial charge in [0.2, 0.25) is 5.91 Å². The lowest BCUT2D eigenvalue weighted by molar-refractivity contribution is -0.122. The predicted octanol–water partition coefficient (Wildman–Crippen LogP) is 1.84. The summed E-state index contributed by atoms with van der Waals surface area (Å²) in [6.45, 7) is 10.5. The van der Waals surface area contributed by atoms with Crippen LogP contribution in [0.2, 0.25) is 0 Å². The van der Waals surface area contributed by atoms with Gasteiger partial charge in [-0.25, -0.2) is 0 Å². The number of morpholine rings is 1. The number of imide groups is 1. The van der Waals surface area contributed by atoms with Crippen molar-refractivity contribution in [3.05, 3.63) is 34.9 Å². The molecule has 1 aromatic carbocycles. The summed E-state index contributed by atoms with van der Waals surface area (Å²) in [5.74, 6) is -0.0161. The van der Waals surface area contributed by atoms with E-state index in [4.69, 9.17) is 4.74 Å². The lowest BCUT2D eigenvalue weighted by atomic mass is 10.1. The topological polar surface area (TPSA) is 79.0 Å². The molecule has 1 saturated heterocycles. The van der Waals surface area contributed by atoms with Gasteiger partial charge in [-0.2, -0.15) is 0 Å². The summed E-state index contributed by atoms with van der Waals surface area (Å²) in [5, 5.41) is 2.92. The molecule has 7 heteroatoms. The van der Waals surface area contributed by atoms with Crippen LogP contribution in [0.1, 0.15) is 53.0 Å². The van der Waals surface area contributed by atoms with Crippen LogP contribution in [0.3, 0.4) is 0 Å². The zero-order valence-electron chi connectivity index (χ0n) is 17.6. The van der Waals surface area contributed by atoms with E-state index in [1.165, 1.54) is 4.90 Å². The lowest BCUT2D eigenvalue weighted by Gasteiger charge is -2.33. The van der Waals surface area contributed by atoms with Crippen LogP contribution < -0.4 is 5.32 Å². The summed E-state index contributed by atoms with van der Waals surface area (Å²) in [4.78, 5) is 40.7. The first-order chi connectivity index (χ1) is 13.8. The van der Waals surface area contributed by atoms with Gasteiger partial charge in [0, 0.05) is 39.1 Å². The van der Waals surface area contributed by atoms with E-state index < -0.39 is 0 Å². The summed E-state index contributed by atoms with van der Waals surface area (Å²) in [6.07, 6.45) is 0.724. The molecule has 3 amide bonds. The molecule has 2 aliphatic heterocycles. The van der Waals surface area contributed by atoms with E-state index in [1.54, 1.807) is 12.1 Å². The number of carbonyl (C=O) groups excluding carboxylic acids is 3. The Morgan fingerprint density at radius 2 is 2.00 bits per heavy atom. The molecule has 3 rings (SSSR count). The maximum absolute atomic E-state index is 12.5. The highest BCUT2D eigenvalue weighted by Gasteiger charge is 2.35. The van der Waals surface area contributed by atoms with Crippen molar-refractivity contribution in [1.82, 2.24) is 15.1 Å². The number of ether oxygens (including phenoxy) is 1. The number of nitrogens with one attached hydrogen (secondary N) is 1. The van der Waals surface area contributed by atoms with Crippen LogP contribution in [-0.2, 0) is 9.53 Å². The Hall–Kier alpha value is -2.25. The van der Waals surface area contributed by atoms with E-state index in [9.17, 15) is 14.4 Å². The molecule has 0 bridgehead atoms. The molecule has 1 aromatic rings. The van der Waals surface area contributed by atoms with Gasteiger partial charge >= 0.3 is 0 Å². The molecule has 2 aliphatic rings. The van der Waals surface area contributed by atoms with Crippen molar-refractivity contribution in [3.8, 4) is 0 Å². The Morgan fingerprint density at radius 3 is 2.76 bits per heavy atom. The van der Waals surface area contributed by atoms with Gasteiger partial charge in [0.05, 0.1) is 23.8 Å². The average Bonchev–Trinajstić information content (AvgIpc) is 2.90. The van der Waals surface area contributed by atoms with Crippen LogP contribution in [-0.4, -0.2) is 73.0 Å². The molecule has 0 unspecified atom stereocenters. The number of hydrogen-bond acceptors (Lipinski definition) is 5. The highest BCUT2D eigenvalue weighted by molar-refractivity contribution is 6.21. The second-order valence-electron chi connectivity index (χ2n) is 8.36. The summed E-state index contributed by atoms with van der Waals surface area (Å²) in [7, 11) is 0. The van der Waals surface area contributed by atoms with Crippen molar-refractivity contribution in [1.29, 1.82) is 0 Å². The fourth-order valence-electron chi connectivity index (χ4n) is 3.91. The molecule has 1 N–H and O–H groups in total. The smallest absolute Gasteiger partial charge is 0.261 e. The fraction of sp³-hybridized carbons (Fsp3) is 0.591. The zero-order valence-corrected chi connectivity index (χ0v) is 17.6. The van der Waals surface area contributed by atoms with Gasteiger partial charge in [-0.15, -0.1) is 0 Å². The molecule has 1 fully saturated rings. The first-order valence-corrected chi connectivity index (χ1v) is 10.4. The molecule has 2 heterocycles. The second kappa shape index (κ2) is 9.50. The van der Waals surface area contributed by atoms with E-state index >= 15 is 0 Å². The molecular formula is C22H31N3O4. The molecule has 0 radical (unpaired) electrons. The number of rotatable bonds is 8. The van der Waals surface area contributed by atoms with Gasteiger partial charge in [0.15, 0.2) is 0 Å². The minimum atomic E-state index is -0.272. The van der Waals surface area contributed by atoms with Crippen LogP contribution >= 0.6 is 0 Å². The maximum Gasteiger partial charge on any atom is 0.261 e. The Morgan fingerprint density at radius 1 is 1.24 bits per heavy atom. The van der Waals surface area contributed by atoms with Crippen molar-refractivity contribution >= 4 is 17.7 Å². The maximum atomic E-state index is 12.5. The molecule has 0 spiro atoms. The molecular weight excluding hydrogens is 370 g/mol. The minimum Gasteiger partial charge on any atom is -0.374 e. The number of carbonyl (C=O) groups is 3. The normalized spacial score (nSPS) is 19.7. The molecule has 7 nitrogen and oxygen atoms in total. The third-order valence-electron chi connectivity index (χ3n) is 5.28. The minimum absolute atomic E-state index is 0.00549. The molecule has 0 saturated carbocycles. The Kier molecular flexibility index (Phi) is 7.03. The number of amides is 3. The zero-order chi connectivity index (χ0) is 21.0. The van der Waals surface area contributed by atoms with Gasteiger partial charge in [0.25, 0.3) is 11.8 Å². The molecule has 29 heavy (non-hydrogen) atoms. The Balaban J connectivity index is 1.39. The van der Waals surface area contributed by atoms with Gasteiger partial charge in [-0.05, 0) is 31.4 Å². The van der Waals surface area contributed by atoms with Crippen LogP contribution in [0.5, 0.6) is 0 Å². The van der Waals surface area contributed by atoms with Crippen molar-refractivity contribution < 1.29 is 19.1 Å². The summed E-state index contributed by atoms with van der Waals surface area (Å²) in [6, 6.07) is 5.27. The van der Waals surface area contributed by atoms with Gasteiger partial charge < -0.3 is 10.1 Å². The standard InChI is InChI=1S/C22H31N3O4/c1-15(2)13-24-9-10-29-17(14-24)12-23-20(26)5-4-8-25-21(27)18-7-6-16(3)11-19(18)22(25)28/h6-7,11,15,17H,4-5,8-10,12-14H2,1-3H3,(H,23,26)/t17-/m0/s1. The van der Waals surface area contributed by atoms with E-state index in [0.717, 1.165) is 25.2 Å².